The summed E-state index contributed by atoms with van der Waals surface area (Å²) in [7, 11) is 0. The van der Waals surface area contributed by atoms with Gasteiger partial charge in [-0.15, -0.1) is 0 Å². The highest BCUT2D eigenvalue weighted by Gasteiger charge is 2.44. The molecule has 5 nitrogen and oxygen atoms in total. The van der Waals surface area contributed by atoms with Gasteiger partial charge in [-0.3, -0.25) is 9.59 Å². The minimum Gasteiger partial charge on any atom is -0.396 e. The molecule has 2 N–H and O–H groups in total. The van der Waals surface area contributed by atoms with E-state index in [1.165, 1.54) is 6.42 Å². The van der Waals surface area contributed by atoms with Crippen molar-refractivity contribution in [1.29, 1.82) is 0 Å². The zero-order valence-electron chi connectivity index (χ0n) is 20.1. The van der Waals surface area contributed by atoms with E-state index in [1.54, 1.807) is 0 Å². The van der Waals surface area contributed by atoms with Gasteiger partial charge in [-0.1, -0.05) is 68.2 Å². The van der Waals surface area contributed by atoms with Gasteiger partial charge in [-0.05, 0) is 47.8 Å². The molecule has 1 rings (SSSR count). The molecular formula is C24H46O5. The monoisotopic (exact) mass is 414 g/mol. The van der Waals surface area contributed by atoms with Crippen molar-refractivity contribution in [2.24, 2.45) is 34.5 Å². The lowest BCUT2D eigenvalue weighted by Gasteiger charge is -2.35. The number of carbonyl (C=O) groups is 2. The molecule has 2 unspecified atom stereocenters. The third kappa shape index (κ3) is 9.61. The van der Waals surface area contributed by atoms with Crippen molar-refractivity contribution in [3.05, 3.63) is 0 Å². The topological polar surface area (TPSA) is 83.8 Å². The van der Waals surface area contributed by atoms with Crippen LogP contribution in [-0.4, -0.2) is 35.4 Å². The summed E-state index contributed by atoms with van der Waals surface area (Å²) in [6, 6.07) is 0. The predicted molar refractivity (Wildman–Crippen MR) is 117 cm³/mol. The summed E-state index contributed by atoms with van der Waals surface area (Å²) in [5, 5.41) is 18.2. The fourth-order valence-corrected chi connectivity index (χ4v) is 4.35. The van der Waals surface area contributed by atoms with Crippen molar-refractivity contribution in [3.63, 3.8) is 0 Å². The summed E-state index contributed by atoms with van der Waals surface area (Å²) >= 11 is 0. The number of hydrogen-bond donors (Lipinski definition) is 2. The van der Waals surface area contributed by atoms with Gasteiger partial charge in [-0.25, -0.2) is 0 Å². The lowest BCUT2D eigenvalue weighted by Crippen LogP contribution is -2.29. The Morgan fingerprint density at radius 2 is 1.52 bits per heavy atom. The van der Waals surface area contributed by atoms with Gasteiger partial charge in [0, 0.05) is 13.2 Å². The van der Waals surface area contributed by atoms with E-state index in [0.717, 1.165) is 19.3 Å². The number of hydrogen-bond acceptors (Lipinski definition) is 5. The third-order valence-electron chi connectivity index (χ3n) is 6.76. The van der Waals surface area contributed by atoms with Crippen LogP contribution in [0.15, 0.2) is 0 Å². The van der Waals surface area contributed by atoms with Crippen molar-refractivity contribution >= 4 is 11.9 Å². The maximum absolute atomic E-state index is 11.5. The molecule has 0 amide bonds. The summed E-state index contributed by atoms with van der Waals surface area (Å²) in [6.45, 7) is 17.6. The van der Waals surface area contributed by atoms with E-state index in [9.17, 15) is 14.7 Å². The van der Waals surface area contributed by atoms with E-state index in [4.69, 9.17) is 5.11 Å². The smallest absolute Gasteiger partial charge is 0.317 e. The Kier molecular flexibility index (Phi) is 12.3. The van der Waals surface area contributed by atoms with Crippen LogP contribution in [-0.2, 0) is 14.3 Å². The minimum absolute atomic E-state index is 0.132. The summed E-state index contributed by atoms with van der Waals surface area (Å²) in [6.07, 6.45) is 5.31. The molecule has 1 fully saturated rings. The number of carbonyl (C=O) groups excluding carboxylic acids is 2. The van der Waals surface area contributed by atoms with E-state index in [-0.39, 0.29) is 54.2 Å². The van der Waals surface area contributed by atoms with Crippen LogP contribution in [0.5, 0.6) is 0 Å². The molecule has 1 aliphatic heterocycles. The standard InChI is InChI=1S/C12H20O3.C12H26O2/c1-5-8(2)7-12(3,4)9-6-10(13)15-11(9)14;1-5-10(2)8-12(3,4)11(9-14)6-7-13/h8-9H,5-7H2,1-4H3;10-11,13-14H,5-9H2,1-4H3/t8-,9?;10-,11?/m00/s1. The Morgan fingerprint density at radius 1 is 1.00 bits per heavy atom. The van der Waals surface area contributed by atoms with E-state index < -0.39 is 0 Å². The van der Waals surface area contributed by atoms with Gasteiger partial charge in [0.15, 0.2) is 0 Å². The molecule has 0 aromatic rings. The summed E-state index contributed by atoms with van der Waals surface area (Å²) in [5.74, 6) is 0.525. The van der Waals surface area contributed by atoms with Crippen LogP contribution in [0.25, 0.3) is 0 Å². The fourth-order valence-electron chi connectivity index (χ4n) is 4.35. The van der Waals surface area contributed by atoms with Gasteiger partial charge in [0.2, 0.25) is 0 Å². The van der Waals surface area contributed by atoms with Gasteiger partial charge in [0.1, 0.15) is 0 Å². The highest BCUT2D eigenvalue weighted by molar-refractivity contribution is 5.95. The van der Waals surface area contributed by atoms with Crippen LogP contribution in [0.4, 0.5) is 0 Å². The zero-order chi connectivity index (χ0) is 22.8. The van der Waals surface area contributed by atoms with Crippen molar-refractivity contribution in [2.45, 2.75) is 93.9 Å². The van der Waals surface area contributed by atoms with Crippen molar-refractivity contribution in [2.75, 3.05) is 13.2 Å². The molecule has 0 aliphatic carbocycles. The van der Waals surface area contributed by atoms with E-state index in [1.807, 2.05) is 13.8 Å². The van der Waals surface area contributed by atoms with Crippen molar-refractivity contribution < 1.29 is 24.5 Å². The molecule has 29 heavy (non-hydrogen) atoms. The molecule has 0 saturated carbocycles. The van der Waals surface area contributed by atoms with Gasteiger partial charge in [0.05, 0.1) is 12.3 Å². The van der Waals surface area contributed by atoms with Crippen molar-refractivity contribution in [1.82, 2.24) is 0 Å². The lowest BCUT2D eigenvalue weighted by molar-refractivity contribution is -0.154. The first-order chi connectivity index (χ1) is 13.3. The van der Waals surface area contributed by atoms with Crippen LogP contribution in [0, 0.1) is 34.5 Å². The molecule has 0 bridgehead atoms. The average Bonchev–Trinajstić information content (AvgIpc) is 2.98. The van der Waals surface area contributed by atoms with E-state index in [0.29, 0.717) is 18.3 Å². The predicted octanol–water partition coefficient (Wildman–Crippen LogP) is 4.98. The Balaban J connectivity index is 0.000000543. The first-order valence-corrected chi connectivity index (χ1v) is 11.3. The van der Waals surface area contributed by atoms with E-state index >= 15 is 0 Å². The number of aliphatic hydroxyl groups excluding tert-OH is 2. The number of cyclic esters (lactones) is 2. The second-order valence-corrected chi connectivity index (χ2v) is 10.4. The second-order valence-electron chi connectivity index (χ2n) is 10.4. The number of rotatable bonds is 11. The molecular weight excluding hydrogens is 368 g/mol. The first kappa shape index (κ1) is 28.1. The van der Waals surface area contributed by atoms with Crippen LogP contribution in [0.3, 0.4) is 0 Å². The maximum Gasteiger partial charge on any atom is 0.317 e. The molecule has 0 radical (unpaired) electrons. The second kappa shape index (κ2) is 12.7. The van der Waals surface area contributed by atoms with Crippen LogP contribution < -0.4 is 0 Å². The molecule has 172 valence electrons. The molecule has 0 spiro atoms. The Hall–Kier alpha value is -0.940. The Bertz CT molecular complexity index is 497. The summed E-state index contributed by atoms with van der Waals surface area (Å²) < 4.78 is 4.60. The first-order valence-electron chi connectivity index (χ1n) is 11.3. The Labute approximate surface area is 178 Å². The largest absolute Gasteiger partial charge is 0.396 e. The van der Waals surface area contributed by atoms with Gasteiger partial charge < -0.3 is 14.9 Å². The highest BCUT2D eigenvalue weighted by atomic mass is 16.6. The number of esters is 2. The van der Waals surface area contributed by atoms with Crippen LogP contribution in [0.1, 0.15) is 93.9 Å². The van der Waals surface area contributed by atoms with Gasteiger partial charge >= 0.3 is 11.9 Å². The van der Waals surface area contributed by atoms with Gasteiger partial charge in [-0.2, -0.15) is 0 Å². The molecule has 1 aliphatic rings. The number of aliphatic hydroxyl groups is 2. The van der Waals surface area contributed by atoms with E-state index in [2.05, 4.69) is 46.3 Å². The fraction of sp³-hybridized carbons (Fsp3) is 0.917. The minimum atomic E-state index is -0.373. The molecule has 0 aromatic carbocycles. The Morgan fingerprint density at radius 3 is 1.90 bits per heavy atom. The van der Waals surface area contributed by atoms with Crippen molar-refractivity contribution in [3.8, 4) is 0 Å². The van der Waals surface area contributed by atoms with Crippen LogP contribution >= 0.6 is 0 Å². The third-order valence-corrected chi connectivity index (χ3v) is 6.76. The van der Waals surface area contributed by atoms with Gasteiger partial charge in [0.25, 0.3) is 0 Å². The average molecular weight is 415 g/mol. The molecule has 4 atom stereocenters. The number of ether oxygens (including phenoxy) is 1. The summed E-state index contributed by atoms with van der Waals surface area (Å²) in [5.41, 5.74) is -0.00836. The normalized spacial score (nSPS) is 20.6. The molecule has 5 heteroatoms. The molecule has 0 aromatic heterocycles. The lowest BCUT2D eigenvalue weighted by atomic mass is 9.71. The molecule has 1 saturated heterocycles. The SMILES string of the molecule is CC[C@H](C)CC(C)(C)C(CO)CCO.CC[C@H](C)CC(C)(C)C1CC(=O)OC1=O. The molecule has 1 heterocycles. The highest BCUT2D eigenvalue weighted by Crippen LogP contribution is 2.40. The summed E-state index contributed by atoms with van der Waals surface area (Å²) in [4.78, 5) is 22.5. The van der Waals surface area contributed by atoms with Crippen LogP contribution in [0.2, 0.25) is 0 Å². The quantitative estimate of drug-likeness (QED) is 0.368. The maximum atomic E-state index is 11.5. The zero-order valence-corrected chi connectivity index (χ0v) is 20.1.